The highest BCUT2D eigenvalue weighted by Gasteiger charge is 2.10. The Morgan fingerprint density at radius 1 is 0.969 bits per heavy atom. The molecule has 0 unspecified atom stereocenters. The molecule has 32 heavy (non-hydrogen) atoms. The molecule has 6 heteroatoms. The third-order valence-corrected chi connectivity index (χ3v) is 7.61. The Morgan fingerprint density at radius 2 is 1.84 bits per heavy atom. The normalized spacial score (nSPS) is 11.2. The van der Waals surface area contributed by atoms with Crippen molar-refractivity contribution in [2.45, 2.75) is 48.4 Å². The summed E-state index contributed by atoms with van der Waals surface area (Å²) in [5.41, 5.74) is 5.80. The van der Waals surface area contributed by atoms with E-state index < -0.39 is 0 Å². The number of unbranched alkanes of at least 4 members (excludes halogenated alkanes) is 2. The van der Waals surface area contributed by atoms with E-state index in [0.717, 1.165) is 39.1 Å². The molecule has 4 aromatic rings. The van der Waals surface area contributed by atoms with E-state index in [-0.39, 0.29) is 0 Å². The van der Waals surface area contributed by atoms with E-state index in [1.807, 2.05) is 36.2 Å². The van der Waals surface area contributed by atoms with Crippen molar-refractivity contribution in [3.05, 3.63) is 77.6 Å². The van der Waals surface area contributed by atoms with Crippen LogP contribution in [0.4, 0.5) is 0 Å². The summed E-state index contributed by atoms with van der Waals surface area (Å²) in [5, 5.41) is 0.908. The monoisotopic (exact) mass is 463 g/mol. The average molecular weight is 464 g/mol. The fourth-order valence-electron chi connectivity index (χ4n) is 3.59. The van der Waals surface area contributed by atoms with E-state index in [9.17, 15) is 0 Å². The number of rotatable bonds is 11. The molecule has 0 fully saturated rings. The Hall–Kier alpha value is -2.44. The van der Waals surface area contributed by atoms with Gasteiger partial charge in [0, 0.05) is 22.9 Å². The van der Waals surface area contributed by atoms with Gasteiger partial charge in [-0.25, -0.2) is 4.98 Å². The van der Waals surface area contributed by atoms with Crippen LogP contribution in [-0.2, 0) is 12.2 Å². The lowest BCUT2D eigenvalue weighted by Gasteiger charge is -2.09. The van der Waals surface area contributed by atoms with Crippen LogP contribution in [-0.4, -0.2) is 27.8 Å². The fraction of sp³-hybridized carbons (Fsp3) is 0.308. The summed E-state index contributed by atoms with van der Waals surface area (Å²) in [6.45, 7) is 2.18. The Balaban J connectivity index is 1.26. The summed E-state index contributed by atoms with van der Waals surface area (Å²) in [4.78, 5) is 14.0. The molecule has 4 nitrogen and oxygen atoms in total. The standard InChI is InChI=1S/C26H29N3OS2/c1-19-24(18-32-26-28-22-13-12-21(30-2)17-23(22)29-26)27-15-14-25(19)31-16-8-4-7-11-20-9-5-3-6-10-20/h3,5-6,9-10,12-15,17H,4,7-8,11,16,18H2,1-2H3,(H,28,29). The molecule has 0 spiro atoms. The van der Waals surface area contributed by atoms with Crippen LogP contribution in [0.25, 0.3) is 11.0 Å². The van der Waals surface area contributed by atoms with Crippen LogP contribution in [0, 0.1) is 6.92 Å². The van der Waals surface area contributed by atoms with Gasteiger partial charge in [0.1, 0.15) is 5.75 Å². The molecule has 2 heterocycles. The number of ether oxygens (including phenoxy) is 1. The van der Waals surface area contributed by atoms with Gasteiger partial charge in [-0.05, 0) is 61.3 Å². The molecule has 2 aromatic carbocycles. The van der Waals surface area contributed by atoms with Crippen LogP contribution in [0.2, 0.25) is 0 Å². The third-order valence-electron chi connectivity index (χ3n) is 5.48. The van der Waals surface area contributed by atoms with Crippen molar-refractivity contribution in [2.75, 3.05) is 12.9 Å². The third kappa shape index (κ3) is 6.08. The first-order valence-corrected chi connectivity index (χ1v) is 13.0. The van der Waals surface area contributed by atoms with E-state index in [0.29, 0.717) is 0 Å². The van der Waals surface area contributed by atoms with Crippen molar-refractivity contribution in [1.29, 1.82) is 0 Å². The number of hydrogen-bond donors (Lipinski definition) is 1. The lowest BCUT2D eigenvalue weighted by Crippen LogP contribution is -1.95. The lowest BCUT2D eigenvalue weighted by atomic mass is 10.1. The molecule has 0 amide bonds. The number of nitrogens with one attached hydrogen (secondary N) is 1. The summed E-state index contributed by atoms with van der Waals surface area (Å²) >= 11 is 3.64. The SMILES string of the molecule is COc1ccc2nc(SCc3nccc(SCCCCCc4ccccc4)c3C)[nH]c2c1. The first-order chi connectivity index (χ1) is 15.7. The highest BCUT2D eigenvalue weighted by molar-refractivity contribution is 7.99. The lowest BCUT2D eigenvalue weighted by molar-refractivity contribution is 0.415. The van der Waals surface area contributed by atoms with E-state index in [4.69, 9.17) is 4.74 Å². The maximum atomic E-state index is 5.30. The number of fused-ring (bicyclic) bond motifs is 1. The second-order valence-electron chi connectivity index (χ2n) is 7.74. The van der Waals surface area contributed by atoms with Gasteiger partial charge < -0.3 is 9.72 Å². The molecule has 0 atom stereocenters. The molecule has 0 saturated heterocycles. The molecule has 0 bridgehead atoms. The molecule has 4 rings (SSSR count). The van der Waals surface area contributed by atoms with Gasteiger partial charge in [0.2, 0.25) is 0 Å². The van der Waals surface area contributed by atoms with Gasteiger partial charge in [0.25, 0.3) is 0 Å². The van der Waals surface area contributed by atoms with Crippen molar-refractivity contribution < 1.29 is 4.74 Å². The predicted molar refractivity (Wildman–Crippen MR) is 136 cm³/mol. The maximum absolute atomic E-state index is 5.30. The van der Waals surface area contributed by atoms with E-state index >= 15 is 0 Å². The number of aromatic nitrogens is 3. The minimum absolute atomic E-state index is 0.800. The molecule has 0 aliphatic heterocycles. The van der Waals surface area contributed by atoms with E-state index in [2.05, 4.69) is 58.3 Å². The first kappa shape index (κ1) is 22.7. The minimum atomic E-state index is 0.800. The van der Waals surface area contributed by atoms with Gasteiger partial charge in [0.05, 0.1) is 23.8 Å². The van der Waals surface area contributed by atoms with Gasteiger partial charge in [-0.3, -0.25) is 4.98 Å². The highest BCUT2D eigenvalue weighted by Crippen LogP contribution is 2.29. The van der Waals surface area contributed by atoms with Crippen LogP contribution in [0.15, 0.2) is 70.8 Å². The van der Waals surface area contributed by atoms with Crippen molar-refractivity contribution >= 4 is 34.6 Å². The fourth-order valence-corrected chi connectivity index (χ4v) is 5.56. The van der Waals surface area contributed by atoms with Crippen molar-refractivity contribution in [3.63, 3.8) is 0 Å². The van der Waals surface area contributed by atoms with Gasteiger partial charge in [-0.15, -0.1) is 11.8 Å². The molecule has 0 saturated carbocycles. The first-order valence-electron chi connectivity index (χ1n) is 11.0. The number of aryl methyl sites for hydroxylation is 1. The highest BCUT2D eigenvalue weighted by atomic mass is 32.2. The number of H-pyrrole nitrogens is 1. The second-order valence-corrected chi connectivity index (χ2v) is 9.84. The number of benzene rings is 2. The average Bonchev–Trinajstić information content (AvgIpc) is 3.24. The second kappa shape index (κ2) is 11.4. The van der Waals surface area contributed by atoms with Crippen molar-refractivity contribution in [2.24, 2.45) is 0 Å². The zero-order chi connectivity index (χ0) is 22.2. The quantitative estimate of drug-likeness (QED) is 0.190. The predicted octanol–water partition coefficient (Wildman–Crippen LogP) is 7.07. The summed E-state index contributed by atoms with van der Waals surface area (Å²) < 4.78 is 5.30. The summed E-state index contributed by atoms with van der Waals surface area (Å²) in [6.07, 6.45) is 6.88. The number of thioether (sulfide) groups is 2. The zero-order valence-electron chi connectivity index (χ0n) is 18.6. The van der Waals surface area contributed by atoms with Crippen molar-refractivity contribution in [3.8, 4) is 5.75 Å². The molecular formula is C26H29N3OS2. The van der Waals surface area contributed by atoms with E-state index in [1.165, 1.54) is 41.7 Å². The number of aromatic amines is 1. The molecule has 0 radical (unpaired) electrons. The summed E-state index contributed by atoms with van der Waals surface area (Å²) in [7, 11) is 1.68. The Morgan fingerprint density at radius 3 is 2.69 bits per heavy atom. The van der Waals surface area contributed by atoms with Crippen LogP contribution in [0.3, 0.4) is 0 Å². The van der Waals surface area contributed by atoms with Crippen LogP contribution in [0.1, 0.15) is 36.1 Å². The van der Waals surface area contributed by atoms with Gasteiger partial charge in [0.15, 0.2) is 5.16 Å². The Bertz CT molecular complexity index is 1140. The van der Waals surface area contributed by atoms with Gasteiger partial charge in [-0.1, -0.05) is 48.5 Å². The molecule has 0 aliphatic carbocycles. The molecule has 166 valence electrons. The van der Waals surface area contributed by atoms with Crippen molar-refractivity contribution in [1.82, 2.24) is 15.0 Å². The maximum Gasteiger partial charge on any atom is 0.166 e. The Kier molecular flexibility index (Phi) is 8.13. The summed E-state index contributed by atoms with van der Waals surface area (Å²) in [5.74, 6) is 2.78. The molecule has 0 aliphatic rings. The smallest absolute Gasteiger partial charge is 0.166 e. The Labute approximate surface area is 198 Å². The number of imidazole rings is 1. The zero-order valence-corrected chi connectivity index (χ0v) is 20.3. The molecular weight excluding hydrogens is 434 g/mol. The number of pyridine rings is 1. The topological polar surface area (TPSA) is 50.8 Å². The van der Waals surface area contributed by atoms with Gasteiger partial charge >= 0.3 is 0 Å². The van der Waals surface area contributed by atoms with Crippen LogP contribution < -0.4 is 4.74 Å². The number of methoxy groups -OCH3 is 1. The summed E-state index contributed by atoms with van der Waals surface area (Å²) in [6, 6.07) is 18.8. The largest absolute Gasteiger partial charge is 0.497 e. The molecule has 1 N–H and O–H groups in total. The molecule has 2 aromatic heterocycles. The number of nitrogens with zero attached hydrogens (tertiary/aromatic N) is 2. The van der Waals surface area contributed by atoms with E-state index in [1.54, 1.807) is 18.9 Å². The number of hydrogen-bond acceptors (Lipinski definition) is 5. The minimum Gasteiger partial charge on any atom is -0.497 e. The van der Waals surface area contributed by atoms with Crippen LogP contribution in [0.5, 0.6) is 5.75 Å². The van der Waals surface area contributed by atoms with Gasteiger partial charge in [-0.2, -0.15) is 0 Å². The van der Waals surface area contributed by atoms with Crippen LogP contribution >= 0.6 is 23.5 Å².